The minimum absolute atomic E-state index is 0.156. The Hall–Kier alpha value is -1.00. The van der Waals surface area contributed by atoms with Crippen molar-refractivity contribution in [2.45, 2.75) is 0 Å². The monoisotopic (exact) mass is 340 g/mol. The molecule has 0 aromatic heterocycles. The zero-order valence-electron chi connectivity index (χ0n) is 8.04. The smallest absolute Gasteiger partial charge is 0.228 e. The first-order valence-electron chi connectivity index (χ1n) is 4.52. The van der Waals surface area contributed by atoms with Gasteiger partial charge in [-0.05, 0) is 60.8 Å². The molecule has 0 spiro atoms. The van der Waals surface area contributed by atoms with Crippen LogP contribution in [0, 0.1) is 0 Å². The normalized spacial score (nSPS) is 10.4. The lowest BCUT2D eigenvalue weighted by Crippen LogP contribution is -1.92. The highest BCUT2D eigenvalue weighted by Crippen LogP contribution is 2.23. The Balaban J connectivity index is 2.73. The molecule has 4 heteroatoms. The lowest BCUT2D eigenvalue weighted by molar-refractivity contribution is 0.109. The summed E-state index contributed by atoms with van der Waals surface area (Å²) in [5.74, 6) is 0. The SMILES string of the molecule is O=C(Br)c1ccc2c(C(=O)Br)cccc2c1. The van der Waals surface area contributed by atoms with Gasteiger partial charge in [0.15, 0.2) is 0 Å². The Bertz CT molecular complexity index is 591. The number of carbonyl (C=O) groups is 2. The summed E-state index contributed by atoms with van der Waals surface area (Å²) in [5, 5.41) is 1.71. The van der Waals surface area contributed by atoms with E-state index in [9.17, 15) is 9.59 Å². The molecule has 0 fully saturated rings. The summed E-state index contributed by atoms with van der Waals surface area (Å²) < 4.78 is -0.319. The van der Waals surface area contributed by atoms with E-state index in [4.69, 9.17) is 0 Å². The molecule has 0 unspecified atom stereocenters. The molecule has 0 atom stereocenters. The fourth-order valence-corrected chi connectivity index (χ4v) is 2.17. The number of hydrogen-bond acceptors (Lipinski definition) is 2. The van der Waals surface area contributed by atoms with E-state index in [2.05, 4.69) is 31.9 Å². The van der Waals surface area contributed by atoms with Crippen LogP contribution in [0.2, 0.25) is 0 Å². The molecule has 2 rings (SSSR count). The summed E-state index contributed by atoms with van der Waals surface area (Å²) in [4.78, 5) is 22.5. The summed E-state index contributed by atoms with van der Waals surface area (Å²) in [6.07, 6.45) is 0. The van der Waals surface area contributed by atoms with Crippen LogP contribution in [0.4, 0.5) is 0 Å². The standard InChI is InChI=1S/C12H6Br2O2/c13-11(15)8-4-5-9-7(6-8)2-1-3-10(9)12(14)16/h1-6H. The maximum Gasteiger partial charge on any atom is 0.228 e. The molecule has 16 heavy (non-hydrogen) atoms. The Labute approximate surface area is 109 Å². The number of halogens is 2. The van der Waals surface area contributed by atoms with E-state index in [1.54, 1.807) is 30.3 Å². The molecule has 0 N–H and O–H groups in total. The Kier molecular flexibility index (Phi) is 3.21. The molecule has 80 valence electrons. The highest BCUT2D eigenvalue weighted by atomic mass is 79.9. The van der Waals surface area contributed by atoms with E-state index < -0.39 is 0 Å². The lowest BCUT2D eigenvalue weighted by Gasteiger charge is -2.03. The van der Waals surface area contributed by atoms with E-state index in [0.717, 1.165) is 10.8 Å². The van der Waals surface area contributed by atoms with Crippen molar-refractivity contribution in [3.05, 3.63) is 47.5 Å². The van der Waals surface area contributed by atoms with Crippen molar-refractivity contribution in [3.63, 3.8) is 0 Å². The van der Waals surface area contributed by atoms with Gasteiger partial charge in [-0.3, -0.25) is 9.59 Å². The molecule has 0 heterocycles. The number of rotatable bonds is 2. The van der Waals surface area contributed by atoms with E-state index in [-0.39, 0.29) is 9.39 Å². The van der Waals surface area contributed by atoms with Gasteiger partial charge in [0.25, 0.3) is 0 Å². The van der Waals surface area contributed by atoms with Gasteiger partial charge in [-0.15, -0.1) is 0 Å². The number of benzene rings is 2. The largest absolute Gasteiger partial charge is 0.281 e. The maximum absolute atomic E-state index is 11.3. The molecule has 0 saturated carbocycles. The molecule has 0 saturated heterocycles. The quantitative estimate of drug-likeness (QED) is 0.776. The molecule has 2 aromatic carbocycles. The Morgan fingerprint density at radius 2 is 1.69 bits per heavy atom. The molecule has 0 amide bonds. The van der Waals surface area contributed by atoms with Crippen LogP contribution in [-0.2, 0) is 0 Å². The molecular weight excluding hydrogens is 336 g/mol. The van der Waals surface area contributed by atoms with E-state index in [1.807, 2.05) is 6.07 Å². The second-order valence-corrected chi connectivity index (χ2v) is 4.73. The highest BCUT2D eigenvalue weighted by Gasteiger charge is 2.08. The third-order valence-corrected chi connectivity index (χ3v) is 3.20. The summed E-state index contributed by atoms with van der Waals surface area (Å²) in [7, 11) is 0. The molecular formula is C12H6Br2O2. The first kappa shape index (κ1) is 11.5. The van der Waals surface area contributed by atoms with Gasteiger partial charge in [-0.25, -0.2) is 0 Å². The van der Waals surface area contributed by atoms with Gasteiger partial charge in [0, 0.05) is 11.1 Å². The van der Waals surface area contributed by atoms with Gasteiger partial charge < -0.3 is 0 Å². The highest BCUT2D eigenvalue weighted by molar-refractivity contribution is 9.18. The van der Waals surface area contributed by atoms with Crippen molar-refractivity contribution in [1.82, 2.24) is 0 Å². The number of hydrogen-bond donors (Lipinski definition) is 0. The molecule has 2 aromatic rings. The molecule has 0 aliphatic heterocycles. The third-order valence-electron chi connectivity index (χ3n) is 2.32. The summed E-state index contributed by atoms with van der Waals surface area (Å²) >= 11 is 5.84. The van der Waals surface area contributed by atoms with Crippen molar-refractivity contribution >= 4 is 52.0 Å². The van der Waals surface area contributed by atoms with Crippen LogP contribution >= 0.6 is 31.9 Å². The maximum atomic E-state index is 11.3. The van der Waals surface area contributed by atoms with Crippen molar-refractivity contribution in [2.24, 2.45) is 0 Å². The van der Waals surface area contributed by atoms with Crippen molar-refractivity contribution in [2.75, 3.05) is 0 Å². The summed E-state index contributed by atoms with van der Waals surface area (Å²) in [5.41, 5.74) is 1.18. The van der Waals surface area contributed by atoms with Crippen LogP contribution in [0.25, 0.3) is 10.8 Å². The number of carbonyl (C=O) groups excluding carboxylic acids is 2. The van der Waals surface area contributed by atoms with Crippen LogP contribution in [-0.4, -0.2) is 9.39 Å². The van der Waals surface area contributed by atoms with E-state index >= 15 is 0 Å². The lowest BCUT2D eigenvalue weighted by atomic mass is 10.0. The van der Waals surface area contributed by atoms with E-state index in [1.165, 1.54) is 0 Å². The van der Waals surface area contributed by atoms with Gasteiger partial charge in [0.2, 0.25) is 9.39 Å². The predicted molar refractivity (Wildman–Crippen MR) is 70.5 cm³/mol. The molecule has 2 nitrogen and oxygen atoms in total. The zero-order chi connectivity index (χ0) is 11.7. The number of fused-ring (bicyclic) bond motifs is 1. The Morgan fingerprint density at radius 3 is 2.31 bits per heavy atom. The van der Waals surface area contributed by atoms with Crippen molar-refractivity contribution in [3.8, 4) is 0 Å². The third kappa shape index (κ3) is 2.08. The molecule has 0 aliphatic carbocycles. The second-order valence-electron chi connectivity index (χ2n) is 3.29. The van der Waals surface area contributed by atoms with Gasteiger partial charge in [-0.2, -0.15) is 0 Å². The average Bonchev–Trinajstić information content (AvgIpc) is 2.27. The summed E-state index contributed by atoms with van der Waals surface area (Å²) in [6.45, 7) is 0. The average molecular weight is 342 g/mol. The fraction of sp³-hybridized carbons (Fsp3) is 0. The van der Waals surface area contributed by atoms with Crippen molar-refractivity contribution < 1.29 is 9.59 Å². The summed E-state index contributed by atoms with van der Waals surface area (Å²) in [6, 6.07) is 10.6. The zero-order valence-corrected chi connectivity index (χ0v) is 11.2. The minimum atomic E-state index is -0.162. The van der Waals surface area contributed by atoms with Gasteiger partial charge in [0.05, 0.1) is 0 Å². The molecule has 0 radical (unpaired) electrons. The predicted octanol–water partition coefficient (Wildman–Crippen LogP) is 3.91. The first-order chi connectivity index (χ1) is 7.59. The fourth-order valence-electron chi connectivity index (χ4n) is 1.58. The van der Waals surface area contributed by atoms with Crippen LogP contribution in [0.15, 0.2) is 36.4 Å². The molecule has 0 aliphatic rings. The van der Waals surface area contributed by atoms with Crippen LogP contribution in [0.3, 0.4) is 0 Å². The van der Waals surface area contributed by atoms with Crippen LogP contribution in [0.1, 0.15) is 20.7 Å². The minimum Gasteiger partial charge on any atom is -0.281 e. The van der Waals surface area contributed by atoms with E-state index in [0.29, 0.717) is 11.1 Å². The van der Waals surface area contributed by atoms with Gasteiger partial charge >= 0.3 is 0 Å². The Morgan fingerprint density at radius 1 is 0.938 bits per heavy atom. The first-order valence-corrected chi connectivity index (χ1v) is 6.10. The van der Waals surface area contributed by atoms with Gasteiger partial charge in [0.1, 0.15) is 0 Å². The molecule has 0 bridgehead atoms. The van der Waals surface area contributed by atoms with Crippen LogP contribution < -0.4 is 0 Å². The van der Waals surface area contributed by atoms with Crippen LogP contribution in [0.5, 0.6) is 0 Å². The van der Waals surface area contributed by atoms with Gasteiger partial charge in [-0.1, -0.05) is 18.2 Å². The second kappa shape index (κ2) is 4.47. The van der Waals surface area contributed by atoms with Crippen molar-refractivity contribution in [1.29, 1.82) is 0 Å². The topological polar surface area (TPSA) is 34.1 Å².